The molecule has 1 N–H and O–H groups in total. The SMILES string of the molecule is CCN=CC(C(=O)OCC)=C(O)c1c(Cl)ccc(F)c1Cl. The summed E-state index contributed by atoms with van der Waals surface area (Å²) in [6.07, 6.45) is 1.14. The molecule has 0 amide bonds. The van der Waals surface area contributed by atoms with E-state index >= 15 is 0 Å². The highest BCUT2D eigenvalue weighted by molar-refractivity contribution is 6.38. The highest BCUT2D eigenvalue weighted by Gasteiger charge is 2.22. The summed E-state index contributed by atoms with van der Waals surface area (Å²) in [5, 5.41) is 9.86. The van der Waals surface area contributed by atoms with Crippen LogP contribution in [0.15, 0.2) is 22.7 Å². The minimum atomic E-state index is -0.802. The highest BCUT2D eigenvalue weighted by atomic mass is 35.5. The zero-order chi connectivity index (χ0) is 16.0. The van der Waals surface area contributed by atoms with E-state index in [1.165, 1.54) is 6.07 Å². The van der Waals surface area contributed by atoms with Crippen LogP contribution in [0, 0.1) is 5.82 Å². The summed E-state index contributed by atoms with van der Waals surface area (Å²) in [5.74, 6) is -2.15. The number of hydrogen-bond acceptors (Lipinski definition) is 4. The first-order valence-electron chi connectivity index (χ1n) is 6.18. The first kappa shape index (κ1) is 17.5. The summed E-state index contributed by atoms with van der Waals surface area (Å²) in [6.45, 7) is 3.87. The fourth-order valence-electron chi connectivity index (χ4n) is 1.48. The molecule has 1 aromatic carbocycles. The van der Waals surface area contributed by atoms with E-state index in [0.717, 1.165) is 12.3 Å². The first-order chi connectivity index (χ1) is 9.93. The van der Waals surface area contributed by atoms with Crippen molar-refractivity contribution in [1.29, 1.82) is 0 Å². The van der Waals surface area contributed by atoms with Crippen LogP contribution in [0.5, 0.6) is 0 Å². The number of benzene rings is 1. The molecule has 0 heterocycles. The standard InChI is InChI=1S/C14H14Cl2FNO3/c1-3-18-7-8(14(20)21-4-2)13(19)11-9(15)5-6-10(17)12(11)16/h5-7,19H,3-4H2,1-2H3. The summed E-state index contributed by atoms with van der Waals surface area (Å²) in [6, 6.07) is 2.29. The van der Waals surface area contributed by atoms with Gasteiger partial charge < -0.3 is 9.84 Å². The molecule has 0 saturated carbocycles. The molecule has 0 saturated heterocycles. The van der Waals surface area contributed by atoms with Gasteiger partial charge in [0.25, 0.3) is 0 Å². The summed E-state index contributed by atoms with van der Waals surface area (Å²) < 4.78 is 18.3. The van der Waals surface area contributed by atoms with Crippen LogP contribution in [0.3, 0.4) is 0 Å². The molecule has 0 atom stereocenters. The number of aliphatic hydroxyl groups excluding tert-OH is 1. The molecule has 1 aromatic rings. The molecule has 0 fully saturated rings. The molecule has 114 valence electrons. The van der Waals surface area contributed by atoms with Gasteiger partial charge >= 0.3 is 5.97 Å². The number of carbonyl (C=O) groups is 1. The minimum absolute atomic E-state index is 0.00518. The highest BCUT2D eigenvalue weighted by Crippen LogP contribution is 2.33. The summed E-state index contributed by atoms with van der Waals surface area (Å²) in [7, 11) is 0. The third-order valence-corrected chi connectivity index (χ3v) is 3.12. The molecule has 0 radical (unpaired) electrons. The van der Waals surface area contributed by atoms with Gasteiger partial charge in [-0.1, -0.05) is 23.2 Å². The molecule has 0 aliphatic rings. The van der Waals surface area contributed by atoms with Crippen LogP contribution < -0.4 is 0 Å². The number of rotatable bonds is 5. The Kier molecular flexibility index (Phi) is 6.65. The average molecular weight is 334 g/mol. The molecule has 0 bridgehead atoms. The van der Waals surface area contributed by atoms with Crippen molar-refractivity contribution >= 4 is 41.1 Å². The smallest absolute Gasteiger partial charge is 0.343 e. The molecule has 0 spiro atoms. The summed E-state index contributed by atoms with van der Waals surface area (Å²) in [4.78, 5) is 15.7. The van der Waals surface area contributed by atoms with Gasteiger partial charge in [0.15, 0.2) is 0 Å². The number of aliphatic imine (C=N–C) groups is 1. The van der Waals surface area contributed by atoms with Gasteiger partial charge in [0.1, 0.15) is 17.1 Å². The number of nitrogens with zero attached hydrogens (tertiary/aromatic N) is 1. The van der Waals surface area contributed by atoms with E-state index in [4.69, 9.17) is 27.9 Å². The van der Waals surface area contributed by atoms with Crippen molar-refractivity contribution in [1.82, 2.24) is 0 Å². The predicted octanol–water partition coefficient (Wildman–Crippen LogP) is 4.06. The van der Waals surface area contributed by atoms with Crippen LogP contribution in [0.2, 0.25) is 10.0 Å². The van der Waals surface area contributed by atoms with Gasteiger partial charge in [0.05, 0.1) is 22.2 Å². The number of esters is 1. The monoisotopic (exact) mass is 333 g/mol. The van der Waals surface area contributed by atoms with Crippen LogP contribution in [-0.4, -0.2) is 30.4 Å². The van der Waals surface area contributed by atoms with Crippen molar-refractivity contribution in [2.45, 2.75) is 13.8 Å². The third-order valence-electron chi connectivity index (χ3n) is 2.43. The van der Waals surface area contributed by atoms with E-state index in [1.807, 2.05) is 0 Å². The molecule has 0 aromatic heterocycles. The van der Waals surface area contributed by atoms with Crippen LogP contribution in [0.4, 0.5) is 4.39 Å². The predicted molar refractivity (Wildman–Crippen MR) is 81.6 cm³/mol. The summed E-state index contributed by atoms with van der Waals surface area (Å²) in [5.41, 5.74) is -0.419. The minimum Gasteiger partial charge on any atom is -0.506 e. The van der Waals surface area contributed by atoms with Crippen molar-refractivity contribution < 1.29 is 19.0 Å². The van der Waals surface area contributed by atoms with Crippen molar-refractivity contribution in [3.63, 3.8) is 0 Å². The van der Waals surface area contributed by atoms with Gasteiger partial charge in [-0.3, -0.25) is 4.99 Å². The zero-order valence-corrected chi connectivity index (χ0v) is 13.0. The van der Waals surface area contributed by atoms with Gasteiger partial charge in [-0.2, -0.15) is 0 Å². The van der Waals surface area contributed by atoms with Crippen LogP contribution >= 0.6 is 23.2 Å². The zero-order valence-electron chi connectivity index (χ0n) is 11.5. The lowest BCUT2D eigenvalue weighted by Gasteiger charge is -2.10. The molecule has 0 aliphatic heterocycles. The lowest BCUT2D eigenvalue weighted by Crippen LogP contribution is -2.12. The second-order valence-corrected chi connectivity index (χ2v) is 4.61. The molecule has 1 rings (SSSR count). The lowest BCUT2D eigenvalue weighted by molar-refractivity contribution is -0.137. The Morgan fingerprint density at radius 3 is 2.67 bits per heavy atom. The number of hydrogen-bond donors (Lipinski definition) is 1. The second kappa shape index (κ2) is 8.00. The van der Waals surface area contributed by atoms with E-state index in [1.54, 1.807) is 13.8 Å². The van der Waals surface area contributed by atoms with Gasteiger partial charge in [-0.05, 0) is 26.0 Å². The third kappa shape index (κ3) is 4.19. The van der Waals surface area contributed by atoms with Crippen molar-refractivity contribution in [2.24, 2.45) is 4.99 Å². The quantitative estimate of drug-likeness (QED) is 0.290. The van der Waals surface area contributed by atoms with Crippen LogP contribution in [0.25, 0.3) is 5.76 Å². The summed E-state index contributed by atoms with van der Waals surface area (Å²) >= 11 is 11.7. The molecular formula is C14H14Cl2FNO3. The van der Waals surface area contributed by atoms with Crippen LogP contribution in [-0.2, 0) is 9.53 Å². The van der Waals surface area contributed by atoms with Gasteiger partial charge in [-0.15, -0.1) is 0 Å². The molecule has 21 heavy (non-hydrogen) atoms. The van der Waals surface area contributed by atoms with Crippen molar-refractivity contribution in [3.8, 4) is 0 Å². The largest absolute Gasteiger partial charge is 0.506 e. The fraction of sp³-hybridized carbons (Fsp3) is 0.286. The first-order valence-corrected chi connectivity index (χ1v) is 6.93. The molecule has 0 aliphatic carbocycles. The Bertz CT molecular complexity index is 600. The normalized spacial score (nSPS) is 12.4. The maximum atomic E-state index is 13.5. The number of ether oxygens (including phenoxy) is 1. The molecule has 0 unspecified atom stereocenters. The van der Waals surface area contributed by atoms with E-state index in [-0.39, 0.29) is 27.8 Å². The van der Waals surface area contributed by atoms with E-state index in [9.17, 15) is 14.3 Å². The molecular weight excluding hydrogens is 320 g/mol. The topological polar surface area (TPSA) is 58.9 Å². The number of halogens is 3. The van der Waals surface area contributed by atoms with E-state index < -0.39 is 17.5 Å². The molecule has 4 nitrogen and oxygen atoms in total. The Morgan fingerprint density at radius 2 is 2.10 bits per heavy atom. The van der Waals surface area contributed by atoms with Gasteiger partial charge in [0, 0.05) is 12.8 Å². The van der Waals surface area contributed by atoms with Gasteiger partial charge in [-0.25, -0.2) is 9.18 Å². The van der Waals surface area contributed by atoms with Crippen LogP contribution in [0.1, 0.15) is 19.4 Å². The number of aliphatic hydroxyl groups is 1. The Morgan fingerprint density at radius 1 is 1.43 bits per heavy atom. The maximum absolute atomic E-state index is 13.5. The fourth-order valence-corrected chi connectivity index (χ4v) is 2.03. The Labute approximate surface area is 131 Å². The lowest BCUT2D eigenvalue weighted by atomic mass is 10.1. The van der Waals surface area contributed by atoms with Crippen molar-refractivity contribution in [3.05, 3.63) is 39.1 Å². The van der Waals surface area contributed by atoms with Crippen molar-refractivity contribution in [2.75, 3.05) is 13.2 Å². The Balaban J connectivity index is 3.50. The molecule has 7 heteroatoms. The second-order valence-electron chi connectivity index (χ2n) is 3.83. The maximum Gasteiger partial charge on any atom is 0.343 e. The number of carbonyl (C=O) groups excluding carboxylic acids is 1. The van der Waals surface area contributed by atoms with Gasteiger partial charge in [0.2, 0.25) is 0 Å². The van der Waals surface area contributed by atoms with E-state index in [2.05, 4.69) is 4.99 Å². The Hall–Kier alpha value is -1.59. The average Bonchev–Trinajstić information content (AvgIpc) is 2.44. The van der Waals surface area contributed by atoms with E-state index in [0.29, 0.717) is 6.54 Å².